The molecule has 0 aliphatic heterocycles. The van der Waals surface area contributed by atoms with Gasteiger partial charge >= 0.3 is 0 Å². The van der Waals surface area contributed by atoms with Crippen molar-refractivity contribution in [3.63, 3.8) is 0 Å². The molecule has 82 valence electrons. The fourth-order valence-electron chi connectivity index (χ4n) is 0.908. The van der Waals surface area contributed by atoms with Crippen LogP contribution in [0.4, 0.5) is 0 Å². The number of aliphatic hydroxyl groups is 1. The number of nitrogens with one attached hydrogen (secondary N) is 1. The molecule has 0 spiro atoms. The minimum Gasteiger partial charge on any atom is -0.389 e. The Labute approximate surface area is 88.6 Å². The van der Waals surface area contributed by atoms with Crippen LogP contribution in [0.5, 0.6) is 0 Å². The van der Waals surface area contributed by atoms with Gasteiger partial charge in [-0.25, -0.2) is 9.97 Å². The molecule has 0 aliphatic carbocycles. The van der Waals surface area contributed by atoms with Gasteiger partial charge in [0.05, 0.1) is 11.2 Å². The molecular formula is C10H15N3O2. The van der Waals surface area contributed by atoms with Crippen molar-refractivity contribution in [1.82, 2.24) is 15.3 Å². The molecule has 1 aromatic rings. The quantitative estimate of drug-likeness (QED) is 0.750. The SMILES string of the molecule is Cc1ncc(C(=O)NCC(C)(C)O)cn1. The summed E-state index contributed by atoms with van der Waals surface area (Å²) in [5, 5.41) is 12.0. The standard InChI is InChI=1S/C10H15N3O2/c1-7-11-4-8(5-12-7)9(14)13-6-10(2,3)15/h4-5,15H,6H2,1-3H3,(H,13,14). The highest BCUT2D eigenvalue weighted by molar-refractivity contribution is 5.93. The van der Waals surface area contributed by atoms with Gasteiger partial charge in [-0.3, -0.25) is 4.79 Å². The van der Waals surface area contributed by atoms with Crippen LogP contribution in [0.25, 0.3) is 0 Å². The summed E-state index contributed by atoms with van der Waals surface area (Å²) in [5.41, 5.74) is -0.522. The number of nitrogens with zero attached hydrogens (tertiary/aromatic N) is 2. The van der Waals surface area contributed by atoms with Crippen molar-refractivity contribution < 1.29 is 9.90 Å². The van der Waals surface area contributed by atoms with E-state index >= 15 is 0 Å². The topological polar surface area (TPSA) is 75.1 Å². The minimum atomic E-state index is -0.915. The van der Waals surface area contributed by atoms with Crippen molar-refractivity contribution in [2.45, 2.75) is 26.4 Å². The lowest BCUT2D eigenvalue weighted by Gasteiger charge is -2.17. The zero-order valence-corrected chi connectivity index (χ0v) is 9.11. The summed E-state index contributed by atoms with van der Waals surface area (Å²) in [6.45, 7) is 5.19. The first kappa shape index (κ1) is 11.6. The molecule has 0 atom stereocenters. The molecule has 1 aromatic heterocycles. The molecule has 5 nitrogen and oxygen atoms in total. The van der Waals surface area contributed by atoms with Crippen LogP contribution in [-0.4, -0.2) is 33.1 Å². The predicted molar refractivity (Wildman–Crippen MR) is 55.4 cm³/mol. The lowest BCUT2D eigenvalue weighted by molar-refractivity contribution is 0.0694. The van der Waals surface area contributed by atoms with Crippen molar-refractivity contribution in [1.29, 1.82) is 0 Å². The molecule has 0 bridgehead atoms. The Bertz CT molecular complexity index is 341. The number of hydrogen-bond acceptors (Lipinski definition) is 4. The van der Waals surface area contributed by atoms with E-state index in [1.54, 1.807) is 20.8 Å². The summed E-state index contributed by atoms with van der Waals surface area (Å²) < 4.78 is 0. The maximum atomic E-state index is 11.5. The van der Waals surface area contributed by atoms with Crippen molar-refractivity contribution in [3.8, 4) is 0 Å². The summed E-state index contributed by atoms with van der Waals surface area (Å²) in [4.78, 5) is 19.3. The second-order valence-corrected chi connectivity index (χ2v) is 4.01. The van der Waals surface area contributed by atoms with E-state index in [1.807, 2.05) is 0 Å². The highest BCUT2D eigenvalue weighted by Crippen LogP contribution is 2.00. The molecule has 0 radical (unpaired) electrons. The molecule has 1 rings (SSSR count). The summed E-state index contributed by atoms with van der Waals surface area (Å²) >= 11 is 0. The molecule has 1 heterocycles. The lowest BCUT2D eigenvalue weighted by Crippen LogP contribution is -2.38. The molecule has 0 unspecified atom stereocenters. The van der Waals surface area contributed by atoms with Gasteiger partial charge in [-0.2, -0.15) is 0 Å². The summed E-state index contributed by atoms with van der Waals surface area (Å²) in [6.07, 6.45) is 2.92. The molecule has 0 aliphatic rings. The minimum absolute atomic E-state index is 0.194. The number of hydrogen-bond donors (Lipinski definition) is 2. The second-order valence-electron chi connectivity index (χ2n) is 4.01. The average Bonchev–Trinajstić information content (AvgIpc) is 2.14. The number of aryl methyl sites for hydroxylation is 1. The molecular weight excluding hydrogens is 194 g/mol. The second kappa shape index (κ2) is 4.35. The van der Waals surface area contributed by atoms with Gasteiger partial charge in [0.1, 0.15) is 5.82 Å². The van der Waals surface area contributed by atoms with Crippen LogP contribution < -0.4 is 5.32 Å². The summed E-state index contributed by atoms with van der Waals surface area (Å²) in [5.74, 6) is 0.339. The largest absolute Gasteiger partial charge is 0.389 e. The van der Waals surface area contributed by atoms with Crippen LogP contribution in [0.3, 0.4) is 0 Å². The van der Waals surface area contributed by atoms with Crippen LogP contribution in [0.1, 0.15) is 30.0 Å². The Morgan fingerprint density at radius 1 is 1.47 bits per heavy atom. The fraction of sp³-hybridized carbons (Fsp3) is 0.500. The Kier molecular flexibility index (Phi) is 3.36. The van der Waals surface area contributed by atoms with Crippen LogP contribution in [0.15, 0.2) is 12.4 Å². The Morgan fingerprint density at radius 3 is 2.47 bits per heavy atom. The number of carbonyl (C=O) groups is 1. The van der Waals surface area contributed by atoms with Crippen LogP contribution >= 0.6 is 0 Å². The average molecular weight is 209 g/mol. The van der Waals surface area contributed by atoms with Gasteiger partial charge in [0.15, 0.2) is 0 Å². The van der Waals surface area contributed by atoms with Crippen LogP contribution in [-0.2, 0) is 0 Å². The summed E-state index contributed by atoms with van der Waals surface area (Å²) in [7, 11) is 0. The smallest absolute Gasteiger partial charge is 0.254 e. The van der Waals surface area contributed by atoms with Gasteiger partial charge in [-0.05, 0) is 20.8 Å². The molecule has 5 heteroatoms. The molecule has 0 saturated heterocycles. The molecule has 2 N–H and O–H groups in total. The predicted octanol–water partition coefficient (Wildman–Crippen LogP) is 0.286. The first-order valence-corrected chi connectivity index (χ1v) is 4.68. The molecule has 1 amide bonds. The van der Waals surface area contributed by atoms with Gasteiger partial charge < -0.3 is 10.4 Å². The fourth-order valence-corrected chi connectivity index (χ4v) is 0.908. The highest BCUT2D eigenvalue weighted by atomic mass is 16.3. The lowest BCUT2D eigenvalue weighted by atomic mass is 10.1. The van der Waals surface area contributed by atoms with Crippen molar-refractivity contribution in [3.05, 3.63) is 23.8 Å². The van der Waals surface area contributed by atoms with E-state index in [9.17, 15) is 9.90 Å². The third-order valence-electron chi connectivity index (χ3n) is 1.72. The number of carbonyl (C=O) groups excluding carboxylic acids is 1. The maximum Gasteiger partial charge on any atom is 0.254 e. The number of amides is 1. The first-order valence-electron chi connectivity index (χ1n) is 4.68. The molecule has 15 heavy (non-hydrogen) atoms. The van der Waals surface area contributed by atoms with E-state index in [1.165, 1.54) is 12.4 Å². The van der Waals surface area contributed by atoms with Gasteiger partial charge in [0.2, 0.25) is 0 Å². The number of aromatic nitrogens is 2. The van der Waals surface area contributed by atoms with Gasteiger partial charge in [-0.15, -0.1) is 0 Å². The maximum absolute atomic E-state index is 11.5. The van der Waals surface area contributed by atoms with Crippen molar-refractivity contribution in [2.75, 3.05) is 6.54 Å². The normalized spacial score (nSPS) is 11.2. The van der Waals surface area contributed by atoms with Crippen LogP contribution in [0.2, 0.25) is 0 Å². The van der Waals surface area contributed by atoms with E-state index in [4.69, 9.17) is 0 Å². The van der Waals surface area contributed by atoms with Crippen molar-refractivity contribution >= 4 is 5.91 Å². The van der Waals surface area contributed by atoms with Gasteiger partial charge in [0, 0.05) is 18.9 Å². The molecule has 0 aromatic carbocycles. The Balaban J connectivity index is 2.58. The summed E-state index contributed by atoms with van der Waals surface area (Å²) in [6, 6.07) is 0. The van der Waals surface area contributed by atoms with Gasteiger partial charge in [-0.1, -0.05) is 0 Å². The third kappa shape index (κ3) is 4.03. The molecule has 0 fully saturated rings. The van der Waals surface area contributed by atoms with E-state index < -0.39 is 5.60 Å². The Hall–Kier alpha value is -1.49. The number of rotatable bonds is 3. The van der Waals surface area contributed by atoms with E-state index in [0.29, 0.717) is 11.4 Å². The zero-order chi connectivity index (χ0) is 11.5. The molecule has 0 saturated carbocycles. The monoisotopic (exact) mass is 209 g/mol. The van der Waals surface area contributed by atoms with Crippen LogP contribution in [0, 0.1) is 6.92 Å². The Morgan fingerprint density at radius 2 is 2.00 bits per heavy atom. The van der Waals surface area contributed by atoms with E-state index in [0.717, 1.165) is 0 Å². The first-order chi connectivity index (χ1) is 6.88. The highest BCUT2D eigenvalue weighted by Gasteiger charge is 2.14. The zero-order valence-electron chi connectivity index (χ0n) is 9.11. The van der Waals surface area contributed by atoms with E-state index in [2.05, 4.69) is 15.3 Å². The van der Waals surface area contributed by atoms with Gasteiger partial charge in [0.25, 0.3) is 5.91 Å². The van der Waals surface area contributed by atoms with Crippen molar-refractivity contribution in [2.24, 2.45) is 0 Å². The third-order valence-corrected chi connectivity index (χ3v) is 1.72. The van der Waals surface area contributed by atoms with E-state index in [-0.39, 0.29) is 12.5 Å².